The van der Waals surface area contributed by atoms with Crippen LogP contribution in [0.5, 0.6) is 0 Å². The lowest BCUT2D eigenvalue weighted by atomic mass is 10.0. The van der Waals surface area contributed by atoms with Crippen molar-refractivity contribution < 1.29 is 22.8 Å². The zero-order valence-electron chi connectivity index (χ0n) is 23.7. The highest BCUT2D eigenvalue weighted by atomic mass is 19.4. The molecule has 3 aromatic carbocycles. The van der Waals surface area contributed by atoms with Crippen LogP contribution in [-0.4, -0.2) is 56.4 Å². The third-order valence-corrected chi connectivity index (χ3v) is 7.78. The SMILES string of the molecule is Cn1nnc2cc(CNC(=O)[C@@H]3C[C@H](NCc4cccc(C(F)(F)F)c4)CN3C(=O)[C@H](N)CCc3ccccc3)ccc21. The van der Waals surface area contributed by atoms with Crippen molar-refractivity contribution in [1.29, 1.82) is 0 Å². The van der Waals surface area contributed by atoms with E-state index in [0.29, 0.717) is 30.3 Å². The number of hydrogen-bond acceptors (Lipinski definition) is 6. The molecule has 1 fully saturated rings. The summed E-state index contributed by atoms with van der Waals surface area (Å²) in [5.74, 6) is -0.661. The van der Waals surface area contributed by atoms with Gasteiger partial charge in [0, 0.05) is 32.7 Å². The molecular formula is C31H34F3N7O2. The molecule has 2 amide bonds. The first kappa shape index (κ1) is 30.2. The van der Waals surface area contributed by atoms with Gasteiger partial charge in [-0.15, -0.1) is 5.10 Å². The number of carbonyl (C=O) groups excluding carboxylic acids is 2. The number of alkyl halides is 3. The zero-order chi connectivity index (χ0) is 30.6. The summed E-state index contributed by atoms with van der Waals surface area (Å²) >= 11 is 0. The third kappa shape index (κ3) is 7.38. The predicted octanol–water partition coefficient (Wildman–Crippen LogP) is 3.32. The van der Waals surface area contributed by atoms with Crippen LogP contribution in [0.4, 0.5) is 13.2 Å². The third-order valence-electron chi connectivity index (χ3n) is 7.78. The van der Waals surface area contributed by atoms with Crippen molar-refractivity contribution in [3.05, 3.63) is 95.1 Å². The molecule has 43 heavy (non-hydrogen) atoms. The number of nitrogens with zero attached hydrogens (tertiary/aromatic N) is 4. The van der Waals surface area contributed by atoms with E-state index in [2.05, 4.69) is 20.9 Å². The van der Waals surface area contributed by atoms with Crippen molar-refractivity contribution in [3.8, 4) is 0 Å². The Kier molecular flexibility index (Phi) is 9.07. The van der Waals surface area contributed by atoms with Gasteiger partial charge in [-0.1, -0.05) is 59.8 Å². The van der Waals surface area contributed by atoms with Crippen LogP contribution in [0.2, 0.25) is 0 Å². The first-order chi connectivity index (χ1) is 20.6. The molecule has 4 aromatic rings. The van der Waals surface area contributed by atoms with Gasteiger partial charge < -0.3 is 21.3 Å². The van der Waals surface area contributed by atoms with Crippen LogP contribution in [0, 0.1) is 0 Å². The Morgan fingerprint density at radius 3 is 2.51 bits per heavy atom. The molecule has 0 spiro atoms. The maximum absolute atomic E-state index is 13.5. The van der Waals surface area contributed by atoms with Crippen LogP contribution >= 0.6 is 0 Å². The largest absolute Gasteiger partial charge is 0.416 e. The number of nitrogens with two attached hydrogens (primary N) is 1. The van der Waals surface area contributed by atoms with Crippen LogP contribution in [0.3, 0.4) is 0 Å². The number of benzene rings is 3. The highest BCUT2D eigenvalue weighted by Crippen LogP contribution is 2.29. The fraction of sp³-hybridized carbons (Fsp3) is 0.355. The van der Waals surface area contributed by atoms with Crippen LogP contribution in [0.25, 0.3) is 11.0 Å². The lowest BCUT2D eigenvalue weighted by Gasteiger charge is -2.26. The second-order valence-corrected chi connectivity index (χ2v) is 10.9. The van der Waals surface area contributed by atoms with E-state index in [-0.39, 0.29) is 37.5 Å². The molecule has 0 aliphatic carbocycles. The first-order valence-corrected chi connectivity index (χ1v) is 14.1. The number of carbonyl (C=O) groups is 2. The number of fused-ring (bicyclic) bond motifs is 1. The highest BCUT2D eigenvalue weighted by molar-refractivity contribution is 5.90. The van der Waals surface area contributed by atoms with E-state index in [1.165, 1.54) is 11.0 Å². The lowest BCUT2D eigenvalue weighted by Crippen LogP contribution is -2.51. The second kappa shape index (κ2) is 12.9. The van der Waals surface area contributed by atoms with Gasteiger partial charge in [0.25, 0.3) is 0 Å². The van der Waals surface area contributed by atoms with Gasteiger partial charge in [-0.25, -0.2) is 4.68 Å². The molecule has 1 aliphatic heterocycles. The standard InChI is InChI=1S/C31H34F3N7O2/c1-40-27-13-11-22(15-26(27)38-39-40)18-37-29(42)28-16-24(36-17-21-8-5-9-23(14-21)31(32,33)34)19-41(28)30(43)25(35)12-10-20-6-3-2-4-7-20/h2-9,11,13-15,24-25,28,36H,10,12,16-19,35H2,1H3,(H,37,42)/t24-,25+,28-/m0/s1. The summed E-state index contributed by atoms with van der Waals surface area (Å²) in [6.07, 6.45) is -3.12. The van der Waals surface area contributed by atoms with Crippen molar-refractivity contribution in [2.24, 2.45) is 12.8 Å². The molecule has 0 saturated carbocycles. The maximum Gasteiger partial charge on any atom is 0.416 e. The number of amides is 2. The Hall–Kier alpha value is -4.29. The van der Waals surface area contributed by atoms with Crippen LogP contribution < -0.4 is 16.4 Å². The number of likely N-dealkylation sites (tertiary alicyclic amines) is 1. The van der Waals surface area contributed by atoms with Crippen LogP contribution in [-0.2, 0) is 42.3 Å². The second-order valence-electron chi connectivity index (χ2n) is 10.9. The van der Waals surface area contributed by atoms with Gasteiger partial charge in [-0.2, -0.15) is 13.2 Å². The Morgan fingerprint density at radius 1 is 1.00 bits per heavy atom. The van der Waals surface area contributed by atoms with E-state index in [1.54, 1.807) is 17.8 Å². The number of rotatable bonds is 10. The Labute approximate surface area is 247 Å². The number of nitrogens with one attached hydrogen (secondary N) is 2. The number of aryl methyl sites for hydroxylation is 2. The smallest absolute Gasteiger partial charge is 0.350 e. The van der Waals surface area contributed by atoms with Gasteiger partial charge in [0.05, 0.1) is 17.1 Å². The Bertz CT molecular complexity index is 1570. The highest BCUT2D eigenvalue weighted by Gasteiger charge is 2.40. The van der Waals surface area contributed by atoms with Crippen LogP contribution in [0.1, 0.15) is 35.1 Å². The summed E-state index contributed by atoms with van der Waals surface area (Å²) in [4.78, 5) is 28.5. The van der Waals surface area contributed by atoms with E-state index < -0.39 is 23.8 Å². The normalized spacial score (nSPS) is 17.7. The molecule has 226 valence electrons. The van der Waals surface area contributed by atoms with Crippen molar-refractivity contribution in [2.45, 2.75) is 56.7 Å². The van der Waals surface area contributed by atoms with Crippen molar-refractivity contribution in [3.63, 3.8) is 0 Å². The molecule has 9 nitrogen and oxygen atoms in total. The van der Waals surface area contributed by atoms with E-state index in [0.717, 1.165) is 28.8 Å². The van der Waals surface area contributed by atoms with Gasteiger partial charge in [-0.05, 0) is 54.2 Å². The number of hydrogen-bond donors (Lipinski definition) is 3. The van der Waals surface area contributed by atoms with Crippen LogP contribution in [0.15, 0.2) is 72.8 Å². The van der Waals surface area contributed by atoms with Gasteiger partial charge in [-0.3, -0.25) is 9.59 Å². The molecule has 1 aliphatic rings. The summed E-state index contributed by atoms with van der Waals surface area (Å²) in [5, 5.41) is 14.3. The molecule has 5 rings (SSSR count). The van der Waals surface area contributed by atoms with Gasteiger partial charge in [0.15, 0.2) is 0 Å². The van der Waals surface area contributed by atoms with E-state index >= 15 is 0 Å². The summed E-state index contributed by atoms with van der Waals surface area (Å²) < 4.78 is 41.2. The lowest BCUT2D eigenvalue weighted by molar-refractivity contribution is -0.139. The fourth-order valence-electron chi connectivity index (χ4n) is 5.40. The van der Waals surface area contributed by atoms with E-state index in [4.69, 9.17) is 5.73 Å². The monoisotopic (exact) mass is 593 g/mol. The van der Waals surface area contributed by atoms with Crippen molar-refractivity contribution >= 4 is 22.8 Å². The summed E-state index contributed by atoms with van der Waals surface area (Å²) in [6.45, 7) is 0.593. The zero-order valence-corrected chi connectivity index (χ0v) is 23.7. The number of aromatic nitrogens is 3. The molecule has 0 radical (unpaired) electrons. The topological polar surface area (TPSA) is 118 Å². The van der Waals surface area contributed by atoms with Gasteiger partial charge >= 0.3 is 6.18 Å². The molecule has 0 unspecified atom stereocenters. The average Bonchev–Trinajstić information content (AvgIpc) is 3.61. The molecule has 3 atom stereocenters. The minimum Gasteiger partial charge on any atom is -0.350 e. The first-order valence-electron chi connectivity index (χ1n) is 14.1. The Balaban J connectivity index is 1.26. The quantitative estimate of drug-likeness (QED) is 0.260. The predicted molar refractivity (Wildman–Crippen MR) is 155 cm³/mol. The summed E-state index contributed by atoms with van der Waals surface area (Å²) in [6, 6.07) is 18.5. The molecule has 2 heterocycles. The average molecular weight is 594 g/mol. The summed E-state index contributed by atoms with van der Waals surface area (Å²) in [5.41, 5.74) is 9.52. The van der Waals surface area contributed by atoms with E-state index in [9.17, 15) is 22.8 Å². The summed E-state index contributed by atoms with van der Waals surface area (Å²) in [7, 11) is 1.80. The Morgan fingerprint density at radius 2 is 1.74 bits per heavy atom. The maximum atomic E-state index is 13.5. The van der Waals surface area contributed by atoms with Crippen molar-refractivity contribution in [2.75, 3.05) is 6.54 Å². The van der Waals surface area contributed by atoms with Gasteiger partial charge in [0.1, 0.15) is 11.6 Å². The molecule has 1 saturated heterocycles. The fourth-order valence-corrected chi connectivity index (χ4v) is 5.40. The van der Waals surface area contributed by atoms with Gasteiger partial charge in [0.2, 0.25) is 11.8 Å². The molecule has 0 bridgehead atoms. The molecule has 1 aromatic heterocycles. The molecule has 4 N–H and O–H groups in total. The minimum atomic E-state index is -4.44. The molecular weight excluding hydrogens is 559 g/mol. The van der Waals surface area contributed by atoms with E-state index in [1.807, 2.05) is 48.5 Å². The molecule has 12 heteroatoms. The number of halogens is 3. The van der Waals surface area contributed by atoms with Crippen molar-refractivity contribution in [1.82, 2.24) is 30.5 Å². The minimum absolute atomic E-state index is 0.156.